The Morgan fingerprint density at radius 1 is 0.236 bits per heavy atom. The third kappa shape index (κ3) is 6.36. The van der Waals surface area contributed by atoms with Gasteiger partial charge in [0.2, 0.25) is 0 Å². The molecule has 0 N–H and O–H groups in total. The van der Waals surface area contributed by atoms with Gasteiger partial charge in [0.25, 0.3) is 0 Å². The van der Waals surface area contributed by atoms with Crippen molar-refractivity contribution in [2.45, 2.75) is 12.8 Å². The van der Waals surface area contributed by atoms with Crippen molar-refractivity contribution in [2.24, 2.45) is 0 Å². The number of aromatic nitrogens is 2. The molecular formula is C70H46N2. The second kappa shape index (κ2) is 16.2. The number of hydrogen-bond acceptors (Lipinski definition) is 0. The van der Waals surface area contributed by atoms with Crippen LogP contribution >= 0.6 is 0 Å². The van der Waals surface area contributed by atoms with Crippen LogP contribution in [0, 0.1) is 0 Å². The van der Waals surface area contributed by atoms with E-state index < -0.39 is 0 Å². The van der Waals surface area contributed by atoms with Gasteiger partial charge in [-0.15, -0.1) is 0 Å². The lowest BCUT2D eigenvalue weighted by molar-refractivity contribution is 1.18. The molecule has 2 aliphatic rings. The van der Waals surface area contributed by atoms with E-state index in [-0.39, 0.29) is 0 Å². The summed E-state index contributed by atoms with van der Waals surface area (Å²) in [5.41, 5.74) is 23.7. The number of fused-ring (bicyclic) bond motifs is 16. The Balaban J connectivity index is 0.000000128. The summed E-state index contributed by atoms with van der Waals surface area (Å²) >= 11 is 0. The normalized spacial score (nSPS) is 12.3. The van der Waals surface area contributed by atoms with Crippen molar-refractivity contribution in [3.8, 4) is 55.9 Å². The second-order valence-corrected chi connectivity index (χ2v) is 19.6. The van der Waals surface area contributed by atoms with Crippen LogP contribution in [0.15, 0.2) is 255 Å². The number of hydrogen-bond donors (Lipinski definition) is 0. The highest BCUT2D eigenvalue weighted by Crippen LogP contribution is 2.45. The molecule has 0 atom stereocenters. The molecule has 2 aliphatic carbocycles. The molecule has 2 heteroatoms. The maximum atomic E-state index is 2.40. The lowest BCUT2D eigenvalue weighted by Crippen LogP contribution is -1.93. The zero-order chi connectivity index (χ0) is 47.3. The van der Waals surface area contributed by atoms with E-state index in [1.54, 1.807) is 0 Å². The van der Waals surface area contributed by atoms with Crippen molar-refractivity contribution in [3.63, 3.8) is 0 Å². The summed E-state index contributed by atoms with van der Waals surface area (Å²) in [7, 11) is 0. The molecule has 0 unspecified atom stereocenters. The van der Waals surface area contributed by atoms with Crippen LogP contribution in [0.1, 0.15) is 22.3 Å². The molecule has 12 aromatic carbocycles. The maximum absolute atomic E-state index is 2.40. The average Bonchev–Trinajstić information content (AvgIpc) is 4.21. The molecule has 0 fully saturated rings. The molecule has 0 spiro atoms. The largest absolute Gasteiger partial charge is 0.309 e. The van der Waals surface area contributed by atoms with Crippen molar-refractivity contribution in [2.75, 3.05) is 0 Å². The van der Waals surface area contributed by atoms with Gasteiger partial charge >= 0.3 is 0 Å². The van der Waals surface area contributed by atoms with Crippen LogP contribution in [-0.4, -0.2) is 9.13 Å². The predicted molar refractivity (Wildman–Crippen MR) is 304 cm³/mol. The average molecular weight is 915 g/mol. The molecule has 0 amide bonds. The Bertz CT molecular complexity index is 4490. The highest BCUT2D eigenvalue weighted by molar-refractivity contribution is 6.12. The number of para-hydroxylation sites is 4. The van der Waals surface area contributed by atoms with Crippen molar-refractivity contribution in [3.05, 3.63) is 277 Å². The third-order valence-electron chi connectivity index (χ3n) is 15.6. The molecule has 0 bridgehead atoms. The SMILES string of the molecule is c1ccc(-n2c3ccccc3c3cc(-c4ccc5c(c4)Cc4ccc6ccccc6c4-5)ccc32)cc1.c1ccc(-n2c3ccccc3c3ccc(-c4ccc5c(c4)Cc4ccc6ccccc6c4-5)cc32)cc1. The lowest BCUT2D eigenvalue weighted by Gasteiger charge is -2.10. The van der Waals surface area contributed by atoms with Crippen LogP contribution in [-0.2, 0) is 12.8 Å². The fourth-order valence-corrected chi connectivity index (χ4v) is 12.3. The van der Waals surface area contributed by atoms with Crippen LogP contribution in [0.25, 0.3) is 121 Å². The first-order valence-electron chi connectivity index (χ1n) is 25.2. The zero-order valence-corrected chi connectivity index (χ0v) is 39.6. The molecule has 0 radical (unpaired) electrons. The van der Waals surface area contributed by atoms with Gasteiger partial charge in [-0.2, -0.15) is 0 Å². The minimum Gasteiger partial charge on any atom is -0.309 e. The third-order valence-corrected chi connectivity index (χ3v) is 15.6. The van der Waals surface area contributed by atoms with Gasteiger partial charge < -0.3 is 9.13 Å². The Morgan fingerprint density at radius 2 is 0.639 bits per heavy atom. The Kier molecular flexibility index (Phi) is 9.12. The van der Waals surface area contributed by atoms with Crippen molar-refractivity contribution in [1.82, 2.24) is 9.13 Å². The van der Waals surface area contributed by atoms with Gasteiger partial charge in [0.05, 0.1) is 22.1 Å². The molecule has 2 nitrogen and oxygen atoms in total. The van der Waals surface area contributed by atoms with Crippen LogP contribution < -0.4 is 0 Å². The summed E-state index contributed by atoms with van der Waals surface area (Å²) in [6, 6.07) is 93.3. The highest BCUT2D eigenvalue weighted by Gasteiger charge is 2.24. The molecular weight excluding hydrogens is 869 g/mol. The second-order valence-electron chi connectivity index (χ2n) is 19.6. The number of nitrogens with zero attached hydrogens (tertiary/aromatic N) is 2. The van der Waals surface area contributed by atoms with Crippen molar-refractivity contribution >= 4 is 65.2 Å². The first kappa shape index (κ1) is 40.6. The summed E-state index contributed by atoms with van der Waals surface area (Å²) < 4.78 is 4.77. The molecule has 0 saturated heterocycles. The molecule has 0 aliphatic heterocycles. The smallest absolute Gasteiger partial charge is 0.0547 e. The number of benzene rings is 12. The van der Waals surface area contributed by atoms with Crippen LogP contribution in [0.4, 0.5) is 0 Å². The summed E-state index contributed by atoms with van der Waals surface area (Å²) in [6.07, 6.45) is 1.99. The van der Waals surface area contributed by atoms with Gasteiger partial charge in [-0.3, -0.25) is 0 Å². The quantitative estimate of drug-likeness (QED) is 0.166. The Morgan fingerprint density at radius 3 is 1.21 bits per heavy atom. The van der Waals surface area contributed by atoms with E-state index >= 15 is 0 Å². The van der Waals surface area contributed by atoms with Gasteiger partial charge in [0.15, 0.2) is 0 Å². The monoisotopic (exact) mass is 914 g/mol. The Hall–Kier alpha value is -9.24. The molecule has 2 heterocycles. The fraction of sp³-hybridized carbons (Fsp3) is 0.0286. The predicted octanol–water partition coefficient (Wildman–Crippen LogP) is 18.4. The number of rotatable bonds is 4. The first-order chi connectivity index (χ1) is 35.7. The summed E-state index contributed by atoms with van der Waals surface area (Å²) in [6.45, 7) is 0. The van der Waals surface area contributed by atoms with Crippen LogP contribution in [0.3, 0.4) is 0 Å². The van der Waals surface area contributed by atoms with E-state index in [0.29, 0.717) is 0 Å². The van der Waals surface area contributed by atoms with E-state index in [2.05, 4.69) is 264 Å². The molecule has 336 valence electrons. The molecule has 2 aromatic heterocycles. The van der Waals surface area contributed by atoms with E-state index in [0.717, 1.165) is 12.8 Å². The molecule has 72 heavy (non-hydrogen) atoms. The van der Waals surface area contributed by atoms with E-state index in [4.69, 9.17) is 0 Å². The van der Waals surface area contributed by atoms with Crippen molar-refractivity contribution < 1.29 is 0 Å². The summed E-state index contributed by atoms with van der Waals surface area (Å²) in [5, 5.41) is 10.5. The van der Waals surface area contributed by atoms with Gasteiger partial charge in [-0.05, 0) is 156 Å². The highest BCUT2D eigenvalue weighted by atomic mass is 15.0. The Labute approximate surface area is 417 Å². The van der Waals surface area contributed by atoms with Gasteiger partial charge in [0.1, 0.15) is 0 Å². The minimum absolute atomic E-state index is 0.996. The van der Waals surface area contributed by atoms with Crippen LogP contribution in [0.2, 0.25) is 0 Å². The topological polar surface area (TPSA) is 9.86 Å². The van der Waals surface area contributed by atoms with Gasteiger partial charge in [-0.1, -0.05) is 200 Å². The van der Waals surface area contributed by atoms with Gasteiger partial charge in [-0.25, -0.2) is 0 Å². The van der Waals surface area contributed by atoms with E-state index in [1.165, 1.54) is 143 Å². The first-order valence-corrected chi connectivity index (χ1v) is 25.2. The molecule has 0 saturated carbocycles. The van der Waals surface area contributed by atoms with E-state index in [9.17, 15) is 0 Å². The maximum Gasteiger partial charge on any atom is 0.0547 e. The minimum atomic E-state index is 0.996. The van der Waals surface area contributed by atoms with Crippen LogP contribution in [0.5, 0.6) is 0 Å². The van der Waals surface area contributed by atoms with Gasteiger partial charge in [0, 0.05) is 32.9 Å². The standard InChI is InChI=1S/2C35H23N/c1-2-9-28(10-3-1)36-33-13-7-6-12-31(33)32-22-25(17-19-34(32)36)24-16-18-30-27(20-24)21-26-15-14-23-8-4-5-11-29(23)35(26)30;1-2-9-28(10-3-1)36-33-13-7-6-12-31(33)32-19-17-25(22-34(32)36)24-16-18-30-27(20-24)21-26-15-14-23-8-4-5-11-29(23)35(26)30/h2*1-20,22H,21H2. The lowest BCUT2D eigenvalue weighted by atomic mass is 9.96. The fourth-order valence-electron chi connectivity index (χ4n) is 12.3. The molecule has 14 aromatic rings. The zero-order valence-electron chi connectivity index (χ0n) is 39.6. The summed E-state index contributed by atoms with van der Waals surface area (Å²) in [5.74, 6) is 0. The van der Waals surface area contributed by atoms with Crippen molar-refractivity contribution in [1.29, 1.82) is 0 Å². The molecule has 16 rings (SSSR count). The van der Waals surface area contributed by atoms with E-state index in [1.807, 2.05) is 0 Å². The summed E-state index contributed by atoms with van der Waals surface area (Å²) in [4.78, 5) is 0.